The van der Waals surface area contributed by atoms with Gasteiger partial charge in [0.25, 0.3) is 5.69 Å². The number of nitro benzene ring substituents is 1. The summed E-state index contributed by atoms with van der Waals surface area (Å²) in [6.45, 7) is 15.5. The van der Waals surface area contributed by atoms with Crippen LogP contribution in [0.4, 0.5) is 10.5 Å². The van der Waals surface area contributed by atoms with E-state index < -0.39 is 10.5 Å². The van der Waals surface area contributed by atoms with Crippen LogP contribution < -0.4 is 5.32 Å². The molecule has 0 spiro atoms. The van der Waals surface area contributed by atoms with Crippen molar-refractivity contribution in [2.24, 2.45) is 5.92 Å². The van der Waals surface area contributed by atoms with Gasteiger partial charge in [-0.05, 0) is 50.8 Å². The molecular formula is C23H37N3O4. The SMILES string of the molecule is CC(C)(C)OC(=O)N1CCC(/C=C/c2ccc([N+](=O)[O-])cc2)C1.CC(C)NC(C)C. The van der Waals surface area contributed by atoms with Crippen molar-refractivity contribution >= 4 is 17.9 Å². The molecule has 1 aliphatic rings. The molecular weight excluding hydrogens is 382 g/mol. The lowest BCUT2D eigenvalue weighted by atomic mass is 10.1. The summed E-state index contributed by atoms with van der Waals surface area (Å²) in [7, 11) is 0. The highest BCUT2D eigenvalue weighted by Crippen LogP contribution is 2.22. The van der Waals surface area contributed by atoms with Crippen LogP contribution in [0.25, 0.3) is 6.08 Å². The summed E-state index contributed by atoms with van der Waals surface area (Å²) in [5, 5.41) is 13.9. The normalized spacial score (nSPS) is 16.7. The number of hydrogen-bond donors (Lipinski definition) is 1. The standard InChI is InChI=1S/C17H22N2O4.C6H15N/c1-17(2,3)23-16(20)18-11-10-14(12-18)5-4-13-6-8-15(9-7-13)19(21)22;1-5(2)7-6(3)4/h4-9,14H,10-12H2,1-3H3;5-7H,1-4H3/b5-4+;. The van der Waals surface area contributed by atoms with E-state index in [0.29, 0.717) is 25.2 Å². The second-order valence-electron chi connectivity index (χ2n) is 9.16. The van der Waals surface area contributed by atoms with E-state index in [0.717, 1.165) is 12.0 Å². The number of nitro groups is 1. The summed E-state index contributed by atoms with van der Waals surface area (Å²) >= 11 is 0. The van der Waals surface area contributed by atoms with E-state index in [1.54, 1.807) is 17.0 Å². The molecule has 7 nitrogen and oxygen atoms in total. The van der Waals surface area contributed by atoms with Crippen LogP contribution >= 0.6 is 0 Å². The highest BCUT2D eigenvalue weighted by Gasteiger charge is 2.28. The minimum Gasteiger partial charge on any atom is -0.444 e. The molecule has 1 aromatic rings. The van der Waals surface area contributed by atoms with E-state index in [1.807, 2.05) is 32.9 Å². The van der Waals surface area contributed by atoms with Gasteiger partial charge < -0.3 is 15.0 Å². The van der Waals surface area contributed by atoms with Crippen LogP contribution in [0.5, 0.6) is 0 Å². The van der Waals surface area contributed by atoms with Gasteiger partial charge in [-0.3, -0.25) is 10.1 Å². The first-order valence-corrected chi connectivity index (χ1v) is 10.5. The third-order valence-electron chi connectivity index (χ3n) is 4.21. The number of rotatable bonds is 5. The Morgan fingerprint density at radius 1 is 1.20 bits per heavy atom. The predicted molar refractivity (Wildman–Crippen MR) is 121 cm³/mol. The highest BCUT2D eigenvalue weighted by atomic mass is 16.6. The first kappa shape index (κ1) is 25.6. The first-order chi connectivity index (χ1) is 13.9. The van der Waals surface area contributed by atoms with E-state index in [9.17, 15) is 14.9 Å². The first-order valence-electron chi connectivity index (χ1n) is 10.5. The zero-order chi connectivity index (χ0) is 22.9. The molecule has 30 heavy (non-hydrogen) atoms. The lowest BCUT2D eigenvalue weighted by Gasteiger charge is -2.24. The molecule has 1 unspecified atom stereocenters. The smallest absolute Gasteiger partial charge is 0.410 e. The van der Waals surface area contributed by atoms with Gasteiger partial charge in [-0.2, -0.15) is 0 Å². The molecule has 2 rings (SSSR count). The monoisotopic (exact) mass is 419 g/mol. The molecule has 1 atom stereocenters. The molecule has 1 aromatic carbocycles. The summed E-state index contributed by atoms with van der Waals surface area (Å²) < 4.78 is 5.37. The molecule has 0 aromatic heterocycles. The van der Waals surface area contributed by atoms with Crippen molar-refractivity contribution in [3.63, 3.8) is 0 Å². The maximum Gasteiger partial charge on any atom is 0.410 e. The van der Waals surface area contributed by atoms with Crippen molar-refractivity contribution in [2.45, 2.75) is 72.6 Å². The fraction of sp³-hybridized carbons (Fsp3) is 0.609. The maximum absolute atomic E-state index is 12.0. The number of ether oxygens (including phenoxy) is 1. The minimum atomic E-state index is -0.482. The van der Waals surface area contributed by atoms with Crippen LogP contribution in [0.3, 0.4) is 0 Å². The Hall–Kier alpha value is -2.41. The fourth-order valence-electron chi connectivity index (χ4n) is 3.06. The number of non-ortho nitro benzene ring substituents is 1. The quantitative estimate of drug-likeness (QED) is 0.520. The van der Waals surface area contributed by atoms with Gasteiger partial charge in [0.2, 0.25) is 0 Å². The van der Waals surface area contributed by atoms with Crippen molar-refractivity contribution in [2.75, 3.05) is 13.1 Å². The van der Waals surface area contributed by atoms with E-state index in [2.05, 4.69) is 33.0 Å². The Balaban J connectivity index is 0.000000553. The Morgan fingerprint density at radius 3 is 2.20 bits per heavy atom. The van der Waals surface area contributed by atoms with Crippen LogP contribution in [0.2, 0.25) is 0 Å². The van der Waals surface area contributed by atoms with Gasteiger partial charge in [0, 0.05) is 37.3 Å². The van der Waals surface area contributed by atoms with Crippen molar-refractivity contribution in [1.82, 2.24) is 10.2 Å². The van der Waals surface area contributed by atoms with E-state index >= 15 is 0 Å². The molecule has 0 saturated carbocycles. The van der Waals surface area contributed by atoms with E-state index in [-0.39, 0.29) is 17.7 Å². The maximum atomic E-state index is 12.0. The number of carbonyl (C=O) groups excluding carboxylic acids is 1. The van der Waals surface area contributed by atoms with Crippen LogP contribution in [0, 0.1) is 16.0 Å². The Bertz CT molecular complexity index is 700. The summed E-state index contributed by atoms with van der Waals surface area (Å²) in [6.07, 6.45) is 4.60. The van der Waals surface area contributed by atoms with Gasteiger partial charge in [0.05, 0.1) is 4.92 Å². The zero-order valence-electron chi connectivity index (χ0n) is 19.3. The van der Waals surface area contributed by atoms with Gasteiger partial charge in [-0.1, -0.05) is 39.8 Å². The van der Waals surface area contributed by atoms with Crippen molar-refractivity contribution < 1.29 is 14.5 Å². The number of hydrogen-bond acceptors (Lipinski definition) is 5. The molecule has 0 aliphatic carbocycles. The largest absolute Gasteiger partial charge is 0.444 e. The topological polar surface area (TPSA) is 84.7 Å². The summed E-state index contributed by atoms with van der Waals surface area (Å²) in [6, 6.07) is 7.66. The molecule has 168 valence electrons. The van der Waals surface area contributed by atoms with Gasteiger partial charge in [0.15, 0.2) is 0 Å². The average molecular weight is 420 g/mol. The fourth-order valence-corrected chi connectivity index (χ4v) is 3.06. The number of carbonyl (C=O) groups is 1. The predicted octanol–water partition coefficient (Wildman–Crippen LogP) is 5.26. The van der Waals surface area contributed by atoms with Crippen molar-refractivity contribution in [3.8, 4) is 0 Å². The van der Waals surface area contributed by atoms with Gasteiger partial charge in [-0.25, -0.2) is 4.79 Å². The number of nitrogens with one attached hydrogen (secondary N) is 1. The Labute approximate surface area is 180 Å². The molecule has 1 heterocycles. The second-order valence-corrected chi connectivity index (χ2v) is 9.16. The minimum absolute atomic E-state index is 0.0825. The lowest BCUT2D eigenvalue weighted by molar-refractivity contribution is -0.384. The number of amides is 1. The molecule has 0 bridgehead atoms. The van der Waals surface area contributed by atoms with Crippen molar-refractivity contribution in [3.05, 3.63) is 46.0 Å². The molecule has 1 N–H and O–H groups in total. The molecule has 1 saturated heterocycles. The van der Waals surface area contributed by atoms with Gasteiger partial charge >= 0.3 is 6.09 Å². The Morgan fingerprint density at radius 2 is 1.77 bits per heavy atom. The number of benzene rings is 1. The van der Waals surface area contributed by atoms with Crippen molar-refractivity contribution in [1.29, 1.82) is 0 Å². The van der Waals surface area contributed by atoms with Crippen LogP contribution in [-0.2, 0) is 4.74 Å². The third-order valence-corrected chi connectivity index (χ3v) is 4.21. The number of likely N-dealkylation sites (tertiary alicyclic amines) is 1. The third kappa shape index (κ3) is 10.4. The molecule has 1 amide bonds. The lowest BCUT2D eigenvalue weighted by Crippen LogP contribution is -2.35. The summed E-state index contributed by atoms with van der Waals surface area (Å²) in [5.74, 6) is 0.276. The Kier molecular flexibility index (Phi) is 9.99. The molecule has 0 radical (unpaired) electrons. The van der Waals surface area contributed by atoms with Crippen LogP contribution in [-0.4, -0.2) is 46.7 Å². The molecule has 1 aliphatic heterocycles. The highest BCUT2D eigenvalue weighted by molar-refractivity contribution is 5.68. The molecule has 1 fully saturated rings. The summed E-state index contributed by atoms with van der Waals surface area (Å²) in [4.78, 5) is 23.9. The van der Waals surface area contributed by atoms with E-state index in [1.165, 1.54) is 12.1 Å². The average Bonchev–Trinajstić information content (AvgIpc) is 3.07. The van der Waals surface area contributed by atoms with Gasteiger partial charge in [0.1, 0.15) is 5.60 Å². The molecule has 7 heteroatoms. The second kappa shape index (κ2) is 11.7. The van der Waals surface area contributed by atoms with Gasteiger partial charge in [-0.15, -0.1) is 0 Å². The number of nitrogens with zero attached hydrogens (tertiary/aromatic N) is 2. The van der Waals surface area contributed by atoms with E-state index in [4.69, 9.17) is 4.74 Å². The zero-order valence-corrected chi connectivity index (χ0v) is 19.3. The summed E-state index contributed by atoms with van der Waals surface area (Å²) in [5.41, 5.74) is 0.509. The van der Waals surface area contributed by atoms with Crippen LogP contribution in [0.15, 0.2) is 30.3 Å². The van der Waals surface area contributed by atoms with Crippen LogP contribution in [0.1, 0.15) is 60.5 Å².